The van der Waals surface area contributed by atoms with Gasteiger partial charge in [-0.05, 0) is 62.2 Å². The average molecular weight is 444 g/mol. The fourth-order valence-corrected chi connectivity index (χ4v) is 4.40. The summed E-state index contributed by atoms with van der Waals surface area (Å²) >= 11 is 0. The number of aromatic nitrogens is 2. The summed E-state index contributed by atoms with van der Waals surface area (Å²) in [4.78, 5) is 14.1. The van der Waals surface area contributed by atoms with Crippen LogP contribution >= 0.6 is 0 Å². The van der Waals surface area contributed by atoms with Gasteiger partial charge in [-0.25, -0.2) is 12.8 Å². The zero-order valence-electron chi connectivity index (χ0n) is 17.6. The predicted octanol–water partition coefficient (Wildman–Crippen LogP) is 3.78. The summed E-state index contributed by atoms with van der Waals surface area (Å²) < 4.78 is 37.9. The lowest BCUT2D eigenvalue weighted by Crippen LogP contribution is -2.29. The fraction of sp³-hybridized carbons (Fsp3) is 0.304. The second kappa shape index (κ2) is 9.87. The van der Waals surface area contributed by atoms with Crippen molar-refractivity contribution in [3.63, 3.8) is 0 Å². The first kappa shape index (κ1) is 22.7. The molecule has 1 amide bonds. The molecule has 164 valence electrons. The summed E-state index contributed by atoms with van der Waals surface area (Å²) in [5, 5.41) is 7.21. The lowest BCUT2D eigenvalue weighted by molar-refractivity contribution is -0.129. The molecule has 0 bridgehead atoms. The Morgan fingerprint density at radius 2 is 1.77 bits per heavy atom. The number of nitrogens with zero attached hydrogens (tertiary/aromatic N) is 2. The van der Waals surface area contributed by atoms with Crippen molar-refractivity contribution in [3.8, 4) is 11.3 Å². The molecule has 0 unspecified atom stereocenters. The summed E-state index contributed by atoms with van der Waals surface area (Å²) in [5.74, 6) is -0.702. The van der Waals surface area contributed by atoms with Crippen LogP contribution in [-0.2, 0) is 21.1 Å². The topological polar surface area (TPSA) is 83.1 Å². The molecule has 1 heterocycles. The number of benzene rings is 2. The van der Waals surface area contributed by atoms with Gasteiger partial charge in [-0.1, -0.05) is 17.7 Å². The van der Waals surface area contributed by atoms with E-state index in [1.165, 1.54) is 12.1 Å². The minimum absolute atomic E-state index is 0.0501. The second-order valence-corrected chi connectivity index (χ2v) is 9.70. The molecule has 1 N–H and O–H groups in total. The van der Waals surface area contributed by atoms with E-state index in [0.717, 1.165) is 22.5 Å². The molecule has 0 aliphatic carbocycles. The van der Waals surface area contributed by atoms with E-state index in [-0.39, 0.29) is 28.8 Å². The van der Waals surface area contributed by atoms with Crippen LogP contribution < -0.4 is 0 Å². The van der Waals surface area contributed by atoms with Crippen molar-refractivity contribution in [1.82, 2.24) is 15.1 Å². The molecule has 0 aliphatic rings. The molecule has 0 aliphatic heterocycles. The van der Waals surface area contributed by atoms with Crippen LogP contribution in [-0.4, -0.2) is 48.8 Å². The summed E-state index contributed by atoms with van der Waals surface area (Å²) in [6.07, 6.45) is 1.34. The predicted molar refractivity (Wildman–Crippen MR) is 118 cm³/mol. The number of aryl methyl sites for hydroxylation is 2. The maximum Gasteiger partial charge on any atom is 0.223 e. The van der Waals surface area contributed by atoms with Gasteiger partial charge < -0.3 is 4.90 Å². The third-order valence-corrected chi connectivity index (χ3v) is 6.83. The minimum Gasteiger partial charge on any atom is -0.346 e. The van der Waals surface area contributed by atoms with E-state index in [0.29, 0.717) is 19.4 Å². The Kier molecular flexibility index (Phi) is 7.22. The molecule has 31 heavy (non-hydrogen) atoms. The zero-order chi connectivity index (χ0) is 22.4. The van der Waals surface area contributed by atoms with Gasteiger partial charge in [0.25, 0.3) is 0 Å². The Hall–Kier alpha value is -3.00. The Balaban J connectivity index is 1.45. The second-order valence-electron chi connectivity index (χ2n) is 7.59. The monoisotopic (exact) mass is 443 g/mol. The van der Waals surface area contributed by atoms with E-state index in [1.807, 2.05) is 13.0 Å². The van der Waals surface area contributed by atoms with Gasteiger partial charge in [0, 0.05) is 31.3 Å². The van der Waals surface area contributed by atoms with Crippen LogP contribution in [0.25, 0.3) is 11.3 Å². The van der Waals surface area contributed by atoms with E-state index in [1.54, 1.807) is 48.3 Å². The molecule has 0 saturated carbocycles. The van der Waals surface area contributed by atoms with E-state index < -0.39 is 9.84 Å². The summed E-state index contributed by atoms with van der Waals surface area (Å²) in [7, 11) is -1.80. The maximum absolute atomic E-state index is 13.0. The first-order valence-electron chi connectivity index (χ1n) is 10.1. The number of hydrogen-bond donors (Lipinski definition) is 1. The molecule has 2 aromatic carbocycles. The molecule has 0 saturated heterocycles. The van der Waals surface area contributed by atoms with Gasteiger partial charge in [-0.2, -0.15) is 5.10 Å². The lowest BCUT2D eigenvalue weighted by atomic mass is 10.1. The Morgan fingerprint density at radius 1 is 1.10 bits per heavy atom. The number of carbonyl (C=O) groups excluding carboxylic acids is 1. The molecule has 0 radical (unpaired) electrons. The number of aromatic amines is 1. The highest BCUT2D eigenvalue weighted by molar-refractivity contribution is 7.91. The van der Waals surface area contributed by atoms with Gasteiger partial charge in [-0.3, -0.25) is 9.89 Å². The third-order valence-electron chi connectivity index (χ3n) is 5.10. The summed E-state index contributed by atoms with van der Waals surface area (Å²) in [6.45, 7) is 2.40. The van der Waals surface area contributed by atoms with Gasteiger partial charge in [0.05, 0.1) is 16.3 Å². The highest BCUT2D eigenvalue weighted by atomic mass is 32.2. The quantitative estimate of drug-likeness (QED) is 0.546. The maximum atomic E-state index is 13.0. The number of halogens is 1. The number of amides is 1. The van der Waals surface area contributed by atoms with Crippen molar-refractivity contribution in [3.05, 3.63) is 71.7 Å². The van der Waals surface area contributed by atoms with Crippen molar-refractivity contribution in [1.29, 1.82) is 0 Å². The van der Waals surface area contributed by atoms with Crippen molar-refractivity contribution in [2.24, 2.45) is 0 Å². The highest BCUT2D eigenvalue weighted by Crippen LogP contribution is 2.19. The number of carbonyl (C=O) groups is 1. The van der Waals surface area contributed by atoms with Crippen molar-refractivity contribution in [2.75, 3.05) is 19.3 Å². The van der Waals surface area contributed by atoms with Gasteiger partial charge in [0.15, 0.2) is 9.84 Å². The van der Waals surface area contributed by atoms with Crippen LogP contribution in [0.1, 0.15) is 24.1 Å². The summed E-state index contributed by atoms with van der Waals surface area (Å²) in [5.41, 5.74) is 3.46. The molecule has 6 nitrogen and oxygen atoms in total. The fourth-order valence-electron chi connectivity index (χ4n) is 3.17. The molecule has 3 rings (SSSR count). The van der Waals surface area contributed by atoms with Crippen LogP contribution in [0.5, 0.6) is 0 Å². The van der Waals surface area contributed by atoms with Gasteiger partial charge in [0.1, 0.15) is 5.82 Å². The lowest BCUT2D eigenvalue weighted by Gasteiger charge is -2.17. The smallest absolute Gasteiger partial charge is 0.223 e. The molecule has 0 fully saturated rings. The molecule has 0 spiro atoms. The third kappa shape index (κ3) is 6.24. The average Bonchev–Trinajstić information content (AvgIpc) is 3.21. The Morgan fingerprint density at radius 3 is 2.45 bits per heavy atom. The van der Waals surface area contributed by atoms with Crippen LogP contribution in [0.4, 0.5) is 4.39 Å². The van der Waals surface area contributed by atoms with Crippen molar-refractivity contribution < 1.29 is 17.6 Å². The van der Waals surface area contributed by atoms with Gasteiger partial charge in [-0.15, -0.1) is 0 Å². The standard InChI is InChI=1S/C23H26FN3O3S/c1-17-5-11-21(12-6-17)31(29,30)15-13-23(28)27(2)14-3-4-20-16-22(26-25-20)18-7-9-19(24)10-8-18/h5-12,16H,3-4,13-15H2,1-2H3,(H,25,26). The number of rotatable bonds is 9. The number of sulfone groups is 1. The van der Waals surface area contributed by atoms with E-state index in [4.69, 9.17) is 0 Å². The number of hydrogen-bond acceptors (Lipinski definition) is 4. The molecular formula is C23H26FN3O3S. The van der Waals surface area contributed by atoms with Gasteiger partial charge >= 0.3 is 0 Å². The molecule has 1 aromatic heterocycles. The van der Waals surface area contributed by atoms with Crippen molar-refractivity contribution >= 4 is 15.7 Å². The minimum atomic E-state index is -3.48. The highest BCUT2D eigenvalue weighted by Gasteiger charge is 2.18. The number of H-pyrrole nitrogens is 1. The first-order chi connectivity index (χ1) is 14.7. The van der Waals surface area contributed by atoms with Crippen molar-refractivity contribution in [2.45, 2.75) is 31.1 Å². The van der Waals surface area contributed by atoms with E-state index >= 15 is 0 Å². The van der Waals surface area contributed by atoms with Crippen LogP contribution in [0.2, 0.25) is 0 Å². The normalized spacial score (nSPS) is 11.5. The zero-order valence-corrected chi connectivity index (χ0v) is 18.5. The van der Waals surface area contributed by atoms with Crippen LogP contribution in [0.3, 0.4) is 0 Å². The van der Waals surface area contributed by atoms with E-state index in [2.05, 4.69) is 10.2 Å². The molecule has 0 atom stereocenters. The van der Waals surface area contributed by atoms with Crippen LogP contribution in [0.15, 0.2) is 59.5 Å². The molecular weight excluding hydrogens is 417 g/mol. The Bertz CT molecular complexity index is 1120. The Labute approximate surface area is 182 Å². The summed E-state index contributed by atoms with van der Waals surface area (Å²) in [6, 6.07) is 14.7. The van der Waals surface area contributed by atoms with Gasteiger partial charge in [0.2, 0.25) is 5.91 Å². The number of nitrogens with one attached hydrogen (secondary N) is 1. The van der Waals surface area contributed by atoms with Crippen LogP contribution in [0, 0.1) is 12.7 Å². The SMILES string of the molecule is Cc1ccc(S(=O)(=O)CCC(=O)N(C)CCCc2cc(-c3ccc(F)cc3)n[nH]2)cc1. The molecule has 3 aromatic rings. The first-order valence-corrected chi connectivity index (χ1v) is 11.7. The molecule has 8 heteroatoms. The largest absolute Gasteiger partial charge is 0.346 e. The van der Waals surface area contributed by atoms with E-state index in [9.17, 15) is 17.6 Å².